The van der Waals surface area contributed by atoms with Crippen LogP contribution in [-0.4, -0.2) is 32.6 Å². The van der Waals surface area contributed by atoms with Crippen LogP contribution >= 0.6 is 0 Å². The lowest BCUT2D eigenvalue weighted by atomic mass is 9.54. The van der Waals surface area contributed by atoms with Crippen molar-refractivity contribution in [1.29, 1.82) is 0 Å². The van der Waals surface area contributed by atoms with E-state index in [1.807, 2.05) is 10.8 Å². The highest BCUT2D eigenvalue weighted by molar-refractivity contribution is 7.85. The maximum Gasteiger partial charge on any atom is 0.409 e. The molecule has 2 N–H and O–H groups in total. The monoisotopic (exact) mass is 437 g/mol. The van der Waals surface area contributed by atoms with Gasteiger partial charge in [-0.25, -0.2) is 4.72 Å². The van der Waals surface area contributed by atoms with E-state index in [9.17, 15) is 18.3 Å². The Kier molecular flexibility index (Phi) is 5.51. The van der Waals surface area contributed by atoms with Crippen LogP contribution in [0.25, 0.3) is 0 Å². The fourth-order valence-electron chi connectivity index (χ4n) is 6.58. The van der Waals surface area contributed by atoms with Crippen LogP contribution in [0.15, 0.2) is 12.1 Å². The topological polar surface area (TPSA) is 102 Å². The third-order valence-electron chi connectivity index (χ3n) is 7.81. The minimum absolute atomic E-state index is 0.0538. The van der Waals surface area contributed by atoms with Crippen molar-refractivity contribution in [3.63, 3.8) is 0 Å². The smallest absolute Gasteiger partial charge is 0.409 e. The number of hydrogen-bond donors (Lipinski definition) is 2. The molecule has 3 aliphatic carbocycles. The number of aliphatic hydroxyl groups is 1. The number of amides is 1. The number of benzene rings is 1. The van der Waals surface area contributed by atoms with Gasteiger partial charge in [-0.15, -0.1) is 0 Å². The molecule has 7 nitrogen and oxygen atoms in total. The summed E-state index contributed by atoms with van der Waals surface area (Å²) in [6.45, 7) is 3.32. The highest BCUT2D eigenvalue weighted by Gasteiger charge is 2.56. The number of methoxy groups -OCH3 is 1. The Morgan fingerprint density at radius 2 is 2.00 bits per heavy atom. The van der Waals surface area contributed by atoms with E-state index in [0.29, 0.717) is 23.5 Å². The Morgan fingerprint density at radius 3 is 2.67 bits per heavy atom. The predicted molar refractivity (Wildman–Crippen MR) is 112 cm³/mol. The van der Waals surface area contributed by atoms with E-state index in [1.54, 1.807) is 6.07 Å². The van der Waals surface area contributed by atoms with Crippen molar-refractivity contribution in [3.05, 3.63) is 23.3 Å². The quantitative estimate of drug-likeness (QED) is 0.734. The van der Waals surface area contributed by atoms with Gasteiger partial charge in [-0.3, -0.25) is 4.79 Å². The Balaban J connectivity index is 1.66. The summed E-state index contributed by atoms with van der Waals surface area (Å²) in [5.41, 5.74) is 2.34. The summed E-state index contributed by atoms with van der Waals surface area (Å²) in [5, 5.41) is 10.7. The number of ether oxygens (including phenoxy) is 1. The second-order valence-electron chi connectivity index (χ2n) is 9.03. The lowest BCUT2D eigenvalue weighted by molar-refractivity contribution is -0.117. The predicted octanol–water partition coefficient (Wildman–Crippen LogP) is 3.06. The molecule has 0 aliphatic heterocycles. The Labute approximate surface area is 178 Å². The number of aryl methyl sites for hydroxylation is 1. The molecule has 0 spiro atoms. The molecule has 5 atom stereocenters. The van der Waals surface area contributed by atoms with Gasteiger partial charge >= 0.3 is 10.3 Å². The van der Waals surface area contributed by atoms with Gasteiger partial charge in [0, 0.05) is 6.92 Å². The lowest BCUT2D eigenvalue weighted by Gasteiger charge is -2.51. The molecule has 2 fully saturated rings. The van der Waals surface area contributed by atoms with Crippen molar-refractivity contribution in [2.45, 2.75) is 70.8 Å². The van der Waals surface area contributed by atoms with Crippen molar-refractivity contribution < 1.29 is 27.2 Å². The molecule has 0 aromatic heterocycles. The third-order valence-corrected chi connectivity index (χ3v) is 8.74. The normalized spacial score (nSPS) is 32.5. The van der Waals surface area contributed by atoms with Gasteiger partial charge in [0.25, 0.3) is 0 Å². The Bertz CT molecular complexity index is 945. The molecule has 166 valence electrons. The van der Waals surface area contributed by atoms with Crippen LogP contribution in [0.4, 0.5) is 0 Å². The molecule has 30 heavy (non-hydrogen) atoms. The zero-order valence-corrected chi connectivity index (χ0v) is 18.6. The number of fused-ring (bicyclic) bond motifs is 5. The average Bonchev–Trinajstić information content (AvgIpc) is 3.03. The largest absolute Gasteiger partial charge is 0.493 e. The molecule has 0 heterocycles. The molecule has 3 aliphatic rings. The van der Waals surface area contributed by atoms with Crippen LogP contribution in [0.2, 0.25) is 0 Å². The summed E-state index contributed by atoms with van der Waals surface area (Å²) >= 11 is 0. The van der Waals surface area contributed by atoms with Crippen LogP contribution in [0.5, 0.6) is 11.5 Å². The van der Waals surface area contributed by atoms with Gasteiger partial charge < -0.3 is 14.0 Å². The summed E-state index contributed by atoms with van der Waals surface area (Å²) in [4.78, 5) is 11.1. The third kappa shape index (κ3) is 3.47. The fraction of sp³-hybridized carbons (Fsp3) is 0.682. The molecule has 1 aromatic rings. The Morgan fingerprint density at radius 1 is 1.23 bits per heavy atom. The van der Waals surface area contributed by atoms with Crippen molar-refractivity contribution in [2.75, 3.05) is 7.11 Å². The molecule has 2 saturated carbocycles. The molecule has 0 radical (unpaired) electrons. The van der Waals surface area contributed by atoms with E-state index in [4.69, 9.17) is 8.92 Å². The maximum atomic E-state index is 12.1. The summed E-state index contributed by atoms with van der Waals surface area (Å²) in [7, 11) is -2.77. The second-order valence-corrected chi connectivity index (χ2v) is 10.3. The van der Waals surface area contributed by atoms with Gasteiger partial charge in [0.2, 0.25) is 5.91 Å². The SMILES string of the molecule is CCC12CCC3c4cc(OC)c(OS(=O)(=O)NC(C)=O)cc4CCC3C1CCC2O. The van der Waals surface area contributed by atoms with Gasteiger partial charge in [0.15, 0.2) is 11.5 Å². The maximum absolute atomic E-state index is 12.1. The molecular formula is C22H31NO6S. The molecule has 1 aromatic carbocycles. The van der Waals surface area contributed by atoms with Crippen molar-refractivity contribution in [2.24, 2.45) is 17.3 Å². The first-order valence-corrected chi connectivity index (χ1v) is 12.2. The van der Waals surface area contributed by atoms with Crippen LogP contribution in [0.1, 0.15) is 69.4 Å². The molecular weight excluding hydrogens is 406 g/mol. The number of carbonyl (C=O) groups excluding carboxylic acids is 1. The molecule has 5 unspecified atom stereocenters. The standard InChI is InChI=1S/C22H31NO6S/c1-4-22-10-9-15-16(18(22)7-8-21(22)25)6-5-14-11-20(19(28-3)12-17(14)15)29-30(26,27)23-13(2)24/h11-12,15-16,18,21,25H,4-10H2,1-3H3,(H,23,24). The van der Waals surface area contributed by atoms with E-state index in [0.717, 1.165) is 57.4 Å². The van der Waals surface area contributed by atoms with Crippen molar-refractivity contribution >= 4 is 16.2 Å². The summed E-state index contributed by atoms with van der Waals surface area (Å²) in [6, 6.07) is 3.66. The van der Waals surface area contributed by atoms with Gasteiger partial charge in [-0.2, -0.15) is 8.42 Å². The molecule has 1 amide bonds. The fourth-order valence-corrected chi connectivity index (χ4v) is 7.34. The summed E-state index contributed by atoms with van der Waals surface area (Å²) in [6.07, 6.45) is 6.71. The van der Waals surface area contributed by atoms with E-state index in [2.05, 4.69) is 6.92 Å². The number of rotatable bonds is 5. The van der Waals surface area contributed by atoms with Crippen LogP contribution in [0.3, 0.4) is 0 Å². The van der Waals surface area contributed by atoms with Crippen molar-refractivity contribution in [3.8, 4) is 11.5 Å². The zero-order chi connectivity index (χ0) is 21.7. The first kappa shape index (κ1) is 21.4. The summed E-state index contributed by atoms with van der Waals surface area (Å²) in [5.74, 6) is 1.18. The van der Waals surface area contributed by atoms with Gasteiger partial charge in [-0.1, -0.05) is 6.92 Å². The van der Waals surface area contributed by atoms with Crippen molar-refractivity contribution in [1.82, 2.24) is 4.72 Å². The molecule has 8 heteroatoms. The minimum atomic E-state index is -4.25. The molecule has 0 saturated heterocycles. The molecule has 0 bridgehead atoms. The number of carbonyl (C=O) groups is 1. The Hall–Kier alpha value is -1.80. The van der Waals surface area contributed by atoms with E-state index in [1.165, 1.54) is 12.7 Å². The van der Waals surface area contributed by atoms with Gasteiger partial charge in [0.05, 0.1) is 13.2 Å². The second kappa shape index (κ2) is 7.71. The highest BCUT2D eigenvalue weighted by Crippen LogP contribution is 2.62. The zero-order valence-electron chi connectivity index (χ0n) is 17.8. The van der Waals surface area contributed by atoms with E-state index in [-0.39, 0.29) is 17.3 Å². The number of hydrogen-bond acceptors (Lipinski definition) is 6. The highest BCUT2D eigenvalue weighted by atomic mass is 32.2. The van der Waals surface area contributed by atoms with Crippen LogP contribution in [-0.2, 0) is 21.5 Å². The number of nitrogens with one attached hydrogen (secondary N) is 1. The lowest BCUT2D eigenvalue weighted by Crippen LogP contribution is -2.45. The van der Waals surface area contributed by atoms with Crippen LogP contribution in [0, 0.1) is 17.3 Å². The molecule has 4 rings (SSSR count). The first-order valence-electron chi connectivity index (χ1n) is 10.8. The van der Waals surface area contributed by atoms with E-state index >= 15 is 0 Å². The average molecular weight is 438 g/mol. The van der Waals surface area contributed by atoms with Crippen LogP contribution < -0.4 is 13.6 Å². The van der Waals surface area contributed by atoms with E-state index < -0.39 is 16.2 Å². The first-order chi connectivity index (χ1) is 14.2. The van der Waals surface area contributed by atoms with Gasteiger partial charge in [0.1, 0.15) is 0 Å². The summed E-state index contributed by atoms with van der Waals surface area (Å²) < 4.78 is 36.5. The minimum Gasteiger partial charge on any atom is -0.493 e. The van der Waals surface area contributed by atoms with Gasteiger partial charge in [-0.05, 0) is 91.4 Å². The number of aliphatic hydroxyl groups excluding tert-OH is 1.